The molecule has 0 spiro atoms. The van der Waals surface area contributed by atoms with Gasteiger partial charge in [-0.3, -0.25) is 9.78 Å². The van der Waals surface area contributed by atoms with Crippen LogP contribution in [0.1, 0.15) is 10.5 Å². The topological polar surface area (TPSA) is 85.8 Å². The molecule has 0 saturated heterocycles. The van der Waals surface area contributed by atoms with Gasteiger partial charge >= 0.3 is 0 Å². The summed E-state index contributed by atoms with van der Waals surface area (Å²) < 4.78 is 2.28. The third-order valence-corrected chi connectivity index (χ3v) is 2.77. The molecule has 88 valence electrons. The first kappa shape index (κ1) is 11.6. The summed E-state index contributed by atoms with van der Waals surface area (Å²) in [6.07, 6.45) is 3.27. The molecule has 3 N–H and O–H groups in total. The number of nitrogens with one attached hydrogen (secondary N) is 1. The minimum absolute atomic E-state index is 0.244. The summed E-state index contributed by atoms with van der Waals surface area (Å²) in [5.41, 5.74) is 6.68. The maximum absolute atomic E-state index is 11.4. The lowest BCUT2D eigenvalue weighted by Crippen LogP contribution is -2.19. The fourth-order valence-electron chi connectivity index (χ4n) is 1.31. The van der Waals surface area contributed by atoms with Gasteiger partial charge in [-0.2, -0.15) is 0 Å². The van der Waals surface area contributed by atoms with E-state index in [2.05, 4.69) is 31.3 Å². The van der Waals surface area contributed by atoms with E-state index in [1.807, 2.05) is 0 Å². The molecule has 2 rings (SSSR count). The zero-order valence-electron chi connectivity index (χ0n) is 9.01. The van der Waals surface area contributed by atoms with Crippen LogP contribution in [0.5, 0.6) is 0 Å². The molecule has 0 radical (unpaired) electrons. The largest absolute Gasteiger partial charge is 0.381 e. The highest BCUT2D eigenvalue weighted by Gasteiger charge is 2.08. The van der Waals surface area contributed by atoms with Crippen LogP contribution in [0.2, 0.25) is 0 Å². The molecular formula is C10H10BrN5O. The van der Waals surface area contributed by atoms with Gasteiger partial charge in [0, 0.05) is 19.4 Å². The number of hydrogen-bond acceptors (Lipinski definition) is 4. The Balaban J connectivity index is 2.42. The number of amides is 1. The Morgan fingerprint density at radius 2 is 2.35 bits per heavy atom. The summed E-state index contributed by atoms with van der Waals surface area (Å²) in [7, 11) is 1.55. The number of carbonyl (C=O) groups excluding carboxylic acids is 1. The molecule has 2 aromatic heterocycles. The van der Waals surface area contributed by atoms with E-state index in [-0.39, 0.29) is 5.91 Å². The first-order valence-corrected chi connectivity index (χ1v) is 5.60. The highest BCUT2D eigenvalue weighted by Crippen LogP contribution is 2.19. The molecule has 0 aliphatic heterocycles. The molecule has 1 amide bonds. The molecule has 0 atom stereocenters. The highest BCUT2D eigenvalue weighted by molar-refractivity contribution is 9.10. The number of nitrogens with zero attached hydrogens (tertiary/aromatic N) is 3. The number of nitrogens with two attached hydrogens (primary N) is 1. The van der Waals surface area contributed by atoms with Crippen molar-refractivity contribution < 1.29 is 4.79 Å². The first-order valence-electron chi connectivity index (χ1n) is 4.81. The lowest BCUT2D eigenvalue weighted by molar-refractivity contribution is 0.0958. The summed E-state index contributed by atoms with van der Waals surface area (Å²) in [5.74, 6) is 0.148. The number of anilines is 1. The molecule has 6 nitrogen and oxygen atoms in total. The summed E-state index contributed by atoms with van der Waals surface area (Å²) in [6.45, 7) is 0. The number of nitrogen functional groups attached to an aromatic ring is 1. The Labute approximate surface area is 106 Å². The number of aromatic nitrogens is 3. The molecule has 0 aromatic carbocycles. The number of halogens is 1. The van der Waals surface area contributed by atoms with E-state index in [4.69, 9.17) is 5.73 Å². The van der Waals surface area contributed by atoms with Crippen molar-refractivity contribution in [3.63, 3.8) is 0 Å². The molecule has 7 heteroatoms. The Morgan fingerprint density at radius 3 is 2.94 bits per heavy atom. The van der Waals surface area contributed by atoms with E-state index in [0.29, 0.717) is 16.0 Å². The third kappa shape index (κ3) is 2.28. The third-order valence-electron chi connectivity index (χ3n) is 2.16. The predicted octanol–water partition coefficient (Wildman–Crippen LogP) is 0.972. The van der Waals surface area contributed by atoms with E-state index in [9.17, 15) is 4.79 Å². The molecule has 0 unspecified atom stereocenters. The minimum atomic E-state index is -0.244. The fourth-order valence-corrected chi connectivity index (χ4v) is 1.59. The summed E-state index contributed by atoms with van der Waals surface area (Å²) >= 11 is 3.27. The second kappa shape index (κ2) is 4.54. The SMILES string of the molecule is CNC(=O)c1cc(-n2cc(Br)c(N)n2)ccn1. The van der Waals surface area contributed by atoms with E-state index in [1.165, 1.54) is 0 Å². The van der Waals surface area contributed by atoms with Gasteiger partial charge in [0.1, 0.15) is 5.69 Å². The van der Waals surface area contributed by atoms with E-state index >= 15 is 0 Å². The molecule has 0 fully saturated rings. The second-order valence-electron chi connectivity index (χ2n) is 3.29. The fraction of sp³-hybridized carbons (Fsp3) is 0.100. The summed E-state index contributed by atoms with van der Waals surface area (Å²) in [6, 6.07) is 3.38. The van der Waals surface area contributed by atoms with Crippen LogP contribution in [0.3, 0.4) is 0 Å². The van der Waals surface area contributed by atoms with Crippen molar-refractivity contribution in [1.82, 2.24) is 20.1 Å². The molecule has 0 bridgehead atoms. The van der Waals surface area contributed by atoms with Gasteiger partial charge in [-0.25, -0.2) is 4.68 Å². The number of carbonyl (C=O) groups is 1. The van der Waals surface area contributed by atoms with Gasteiger partial charge in [0.05, 0.1) is 10.2 Å². The summed E-state index contributed by atoms with van der Waals surface area (Å²) in [5, 5.41) is 6.61. The van der Waals surface area contributed by atoms with Gasteiger partial charge in [0.25, 0.3) is 5.91 Å². The normalized spacial score (nSPS) is 10.2. The van der Waals surface area contributed by atoms with Crippen LogP contribution in [0.15, 0.2) is 29.0 Å². The molecule has 2 aromatic rings. The molecule has 17 heavy (non-hydrogen) atoms. The lowest BCUT2D eigenvalue weighted by atomic mass is 10.3. The maximum Gasteiger partial charge on any atom is 0.269 e. The van der Waals surface area contributed by atoms with Gasteiger partial charge in [-0.1, -0.05) is 0 Å². The van der Waals surface area contributed by atoms with Crippen LogP contribution < -0.4 is 11.1 Å². The van der Waals surface area contributed by atoms with Gasteiger partial charge in [0.2, 0.25) is 0 Å². The number of rotatable bonds is 2. The first-order chi connectivity index (χ1) is 8.11. The molecule has 2 heterocycles. The van der Waals surface area contributed by atoms with Crippen LogP contribution in [-0.4, -0.2) is 27.7 Å². The zero-order valence-corrected chi connectivity index (χ0v) is 10.6. The van der Waals surface area contributed by atoms with Crippen molar-refractivity contribution in [3.8, 4) is 5.69 Å². The Morgan fingerprint density at radius 1 is 1.59 bits per heavy atom. The van der Waals surface area contributed by atoms with Gasteiger partial charge in [0.15, 0.2) is 5.82 Å². The molecular weight excluding hydrogens is 286 g/mol. The minimum Gasteiger partial charge on any atom is -0.381 e. The van der Waals surface area contributed by atoms with Crippen molar-refractivity contribution in [2.45, 2.75) is 0 Å². The smallest absolute Gasteiger partial charge is 0.269 e. The van der Waals surface area contributed by atoms with Gasteiger partial charge in [-0.05, 0) is 28.1 Å². The average Bonchev–Trinajstić information content (AvgIpc) is 2.69. The quantitative estimate of drug-likeness (QED) is 0.864. The molecule has 0 saturated carbocycles. The van der Waals surface area contributed by atoms with Gasteiger partial charge < -0.3 is 11.1 Å². The highest BCUT2D eigenvalue weighted by atomic mass is 79.9. The zero-order chi connectivity index (χ0) is 12.4. The van der Waals surface area contributed by atoms with Gasteiger partial charge in [-0.15, -0.1) is 5.10 Å². The van der Waals surface area contributed by atoms with Crippen molar-refractivity contribution >= 4 is 27.7 Å². The van der Waals surface area contributed by atoms with Crippen LogP contribution >= 0.6 is 15.9 Å². The van der Waals surface area contributed by atoms with E-state index in [1.54, 1.807) is 36.3 Å². The molecule has 0 aliphatic carbocycles. The Hall–Kier alpha value is -1.89. The van der Waals surface area contributed by atoms with E-state index in [0.717, 1.165) is 5.69 Å². The van der Waals surface area contributed by atoms with Crippen LogP contribution in [0, 0.1) is 0 Å². The van der Waals surface area contributed by atoms with Crippen LogP contribution in [0.25, 0.3) is 5.69 Å². The Bertz CT molecular complexity index is 546. The lowest BCUT2D eigenvalue weighted by Gasteiger charge is -2.03. The summed E-state index contributed by atoms with van der Waals surface area (Å²) in [4.78, 5) is 15.4. The van der Waals surface area contributed by atoms with Crippen LogP contribution in [-0.2, 0) is 0 Å². The second-order valence-corrected chi connectivity index (χ2v) is 4.14. The molecule has 0 aliphatic rings. The van der Waals surface area contributed by atoms with Crippen molar-refractivity contribution in [2.24, 2.45) is 0 Å². The number of pyridine rings is 1. The maximum atomic E-state index is 11.4. The Kier molecular flexibility index (Phi) is 3.10. The number of hydrogen-bond donors (Lipinski definition) is 2. The predicted molar refractivity (Wildman–Crippen MR) is 66.9 cm³/mol. The van der Waals surface area contributed by atoms with Crippen molar-refractivity contribution in [2.75, 3.05) is 12.8 Å². The average molecular weight is 296 g/mol. The van der Waals surface area contributed by atoms with E-state index < -0.39 is 0 Å². The van der Waals surface area contributed by atoms with Crippen molar-refractivity contribution in [1.29, 1.82) is 0 Å². The van der Waals surface area contributed by atoms with Crippen molar-refractivity contribution in [3.05, 3.63) is 34.7 Å². The van der Waals surface area contributed by atoms with Crippen LogP contribution in [0.4, 0.5) is 5.82 Å². The monoisotopic (exact) mass is 295 g/mol. The standard InChI is InChI=1S/C10H10BrN5O/c1-13-10(17)8-4-6(2-3-14-8)16-5-7(11)9(12)15-16/h2-5H,1H3,(H2,12,15)(H,13,17).